The summed E-state index contributed by atoms with van der Waals surface area (Å²) in [7, 11) is 1.44. The molecule has 8 heteroatoms. The minimum Gasteiger partial charge on any atom is -0.632 e. The van der Waals surface area contributed by atoms with E-state index < -0.39 is 34.9 Å². The highest BCUT2D eigenvalue weighted by molar-refractivity contribution is 5.88. The Morgan fingerprint density at radius 1 is 1.09 bits per heavy atom. The quantitative estimate of drug-likeness (QED) is 0.344. The van der Waals surface area contributed by atoms with Gasteiger partial charge in [-0.25, -0.2) is 4.79 Å². The summed E-state index contributed by atoms with van der Waals surface area (Å²) in [6.45, 7) is 0.311. The summed E-state index contributed by atoms with van der Waals surface area (Å²) < 4.78 is 10.4. The second-order valence-electron chi connectivity index (χ2n) is 9.12. The van der Waals surface area contributed by atoms with Crippen molar-refractivity contribution in [3.8, 4) is 28.4 Å². The molecular formula is C25H27NO7. The van der Waals surface area contributed by atoms with Gasteiger partial charge in [-0.05, 0) is 54.3 Å². The molecule has 0 radical (unpaired) electrons. The normalized spacial score (nSPS) is 31.8. The van der Waals surface area contributed by atoms with E-state index in [-0.39, 0.29) is 30.1 Å². The van der Waals surface area contributed by atoms with Gasteiger partial charge in [0.15, 0.2) is 11.5 Å². The third-order valence-electron chi connectivity index (χ3n) is 7.25. The summed E-state index contributed by atoms with van der Waals surface area (Å²) in [6, 6.07) is 6.67. The van der Waals surface area contributed by atoms with Crippen molar-refractivity contribution >= 4 is 12.0 Å². The molecule has 33 heavy (non-hydrogen) atoms. The molecule has 0 spiro atoms. The van der Waals surface area contributed by atoms with E-state index in [4.69, 9.17) is 9.47 Å². The second kappa shape index (κ2) is 8.06. The Balaban J connectivity index is 1.79. The Kier molecular flexibility index (Phi) is 5.31. The van der Waals surface area contributed by atoms with E-state index in [1.807, 2.05) is 0 Å². The lowest BCUT2D eigenvalue weighted by molar-refractivity contribution is -0.950. The van der Waals surface area contributed by atoms with Gasteiger partial charge in [-0.15, -0.1) is 0 Å². The number of esters is 1. The number of ether oxygens (including phenoxy) is 2. The van der Waals surface area contributed by atoms with Crippen LogP contribution in [0.5, 0.6) is 17.2 Å². The molecule has 5 atom stereocenters. The van der Waals surface area contributed by atoms with Gasteiger partial charge < -0.3 is 34.6 Å². The van der Waals surface area contributed by atoms with Crippen LogP contribution in [0, 0.1) is 5.21 Å². The number of hydroxylamine groups is 3. The Morgan fingerprint density at radius 3 is 2.70 bits per heavy atom. The minimum absolute atomic E-state index is 0.000756. The lowest BCUT2D eigenvalue weighted by Crippen LogP contribution is -2.65. The number of nitrogens with zero attached hydrogens (tertiary/aromatic N) is 1. The molecule has 174 valence electrons. The molecular weight excluding hydrogens is 426 g/mol. The highest BCUT2D eigenvalue weighted by atomic mass is 16.6. The second-order valence-corrected chi connectivity index (χ2v) is 9.12. The average Bonchev–Trinajstić information content (AvgIpc) is 2.78. The van der Waals surface area contributed by atoms with Crippen molar-refractivity contribution < 1.29 is 34.2 Å². The molecule has 8 nitrogen and oxygen atoms in total. The van der Waals surface area contributed by atoms with Gasteiger partial charge in [0, 0.05) is 30.0 Å². The van der Waals surface area contributed by atoms with E-state index >= 15 is 0 Å². The van der Waals surface area contributed by atoms with Crippen LogP contribution in [0.3, 0.4) is 0 Å². The standard InChI is InChI=1S/C25H27NO7/c1-32-24-13-16-17(12-23(24)29)19-10-15(11-20-22(28)3-2-8-26(19,20)31)33-25(30)7-5-14-4-6-21(27)18(16)9-14/h4-7,9,12-13,15,19-20,22,27-29H,2-3,8,10-11H2,1H3/b7-5-/t15-,19+,20-,22-,26?/m1/s1. The predicted molar refractivity (Wildman–Crippen MR) is 120 cm³/mol. The molecule has 5 rings (SSSR count). The van der Waals surface area contributed by atoms with E-state index in [0.717, 1.165) is 0 Å². The number of rotatable bonds is 1. The lowest BCUT2D eigenvalue weighted by atomic mass is 9.80. The van der Waals surface area contributed by atoms with Crippen molar-refractivity contribution in [1.29, 1.82) is 0 Å². The minimum atomic E-state index is -0.810. The Labute approximate surface area is 191 Å². The van der Waals surface area contributed by atoms with Gasteiger partial charge in [0.05, 0.1) is 13.7 Å². The van der Waals surface area contributed by atoms with Crippen molar-refractivity contribution in [2.75, 3.05) is 13.7 Å². The molecule has 3 aliphatic rings. The molecule has 2 aromatic rings. The van der Waals surface area contributed by atoms with Gasteiger partial charge >= 0.3 is 5.97 Å². The maximum absolute atomic E-state index is 14.3. The smallest absolute Gasteiger partial charge is 0.331 e. The third-order valence-corrected chi connectivity index (χ3v) is 7.25. The average molecular weight is 453 g/mol. The van der Waals surface area contributed by atoms with E-state index in [1.165, 1.54) is 25.3 Å². The van der Waals surface area contributed by atoms with Crippen molar-refractivity contribution in [3.05, 3.63) is 52.7 Å². The fourth-order valence-corrected chi connectivity index (χ4v) is 5.67. The highest BCUT2D eigenvalue weighted by Gasteiger charge is 2.51. The summed E-state index contributed by atoms with van der Waals surface area (Å²) in [5, 5.41) is 46.4. The molecule has 3 aliphatic heterocycles. The van der Waals surface area contributed by atoms with Gasteiger partial charge in [0.25, 0.3) is 0 Å². The third kappa shape index (κ3) is 3.64. The first-order chi connectivity index (χ1) is 15.8. The summed E-state index contributed by atoms with van der Waals surface area (Å²) in [5.41, 5.74) is 2.21. The monoisotopic (exact) mass is 453 g/mol. The van der Waals surface area contributed by atoms with Crippen LogP contribution in [0.4, 0.5) is 0 Å². The largest absolute Gasteiger partial charge is 0.632 e. The molecule has 2 aromatic carbocycles. The summed E-state index contributed by atoms with van der Waals surface area (Å²) in [5.74, 6) is -0.435. The molecule has 2 saturated heterocycles. The Bertz CT molecular complexity index is 1130. The number of fused-ring (bicyclic) bond motifs is 9. The van der Waals surface area contributed by atoms with Crippen LogP contribution in [0.2, 0.25) is 0 Å². The number of aliphatic hydroxyl groups excluding tert-OH is 1. The highest BCUT2D eigenvalue weighted by Crippen LogP contribution is 2.51. The molecule has 3 heterocycles. The van der Waals surface area contributed by atoms with Crippen molar-refractivity contribution in [3.63, 3.8) is 0 Å². The molecule has 0 aromatic heterocycles. The van der Waals surface area contributed by atoms with Crippen LogP contribution in [-0.2, 0) is 9.53 Å². The number of phenolic OH excluding ortho intramolecular Hbond substituents is 2. The number of piperidine rings is 2. The number of phenols is 2. The topological polar surface area (TPSA) is 119 Å². The van der Waals surface area contributed by atoms with Crippen LogP contribution < -0.4 is 4.74 Å². The number of benzene rings is 2. The molecule has 2 fully saturated rings. The van der Waals surface area contributed by atoms with Crippen LogP contribution in [0.1, 0.15) is 42.9 Å². The molecule has 4 bridgehead atoms. The number of aromatic hydroxyl groups is 2. The molecule has 0 amide bonds. The molecule has 1 unspecified atom stereocenters. The Morgan fingerprint density at radius 2 is 1.91 bits per heavy atom. The van der Waals surface area contributed by atoms with Gasteiger partial charge in [-0.3, -0.25) is 0 Å². The zero-order chi connectivity index (χ0) is 23.3. The van der Waals surface area contributed by atoms with Gasteiger partial charge in [0.2, 0.25) is 0 Å². The fraction of sp³-hybridized carbons (Fsp3) is 0.400. The fourth-order valence-electron chi connectivity index (χ4n) is 5.67. The zero-order valence-electron chi connectivity index (χ0n) is 18.3. The lowest BCUT2D eigenvalue weighted by Gasteiger charge is -2.61. The number of methoxy groups -OCH3 is 1. The van der Waals surface area contributed by atoms with Crippen LogP contribution >= 0.6 is 0 Å². The summed E-state index contributed by atoms with van der Waals surface area (Å²) in [6.07, 6.45) is 3.17. The summed E-state index contributed by atoms with van der Waals surface area (Å²) in [4.78, 5) is 12.5. The predicted octanol–water partition coefficient (Wildman–Crippen LogP) is 3.38. The number of hydrogen-bond acceptors (Lipinski definition) is 7. The Hall–Kier alpha value is -3.07. The SMILES string of the molecule is COc1cc2c(cc1O)[C@@H]1C[C@H](C[C@@H]3[C@H](O)CCC[N+]31[O-])OC(=O)/C=C\c1ccc(O)c-2c1. The number of aliphatic hydroxyl groups is 1. The van der Waals surface area contributed by atoms with E-state index in [1.54, 1.807) is 24.3 Å². The van der Waals surface area contributed by atoms with E-state index in [9.17, 15) is 25.3 Å². The van der Waals surface area contributed by atoms with Crippen molar-refractivity contribution in [2.24, 2.45) is 0 Å². The van der Waals surface area contributed by atoms with Crippen LogP contribution in [-0.4, -0.2) is 57.8 Å². The van der Waals surface area contributed by atoms with Gasteiger partial charge in [0.1, 0.15) is 30.0 Å². The van der Waals surface area contributed by atoms with Gasteiger partial charge in [-0.1, -0.05) is 6.07 Å². The first kappa shape index (κ1) is 21.8. The number of carbonyl (C=O) groups excluding carboxylic acids is 1. The van der Waals surface area contributed by atoms with Crippen molar-refractivity contribution in [1.82, 2.24) is 0 Å². The summed E-state index contributed by atoms with van der Waals surface area (Å²) >= 11 is 0. The van der Waals surface area contributed by atoms with Crippen LogP contribution in [0.15, 0.2) is 36.4 Å². The number of hydrogen-bond donors (Lipinski definition) is 3. The molecule has 0 saturated carbocycles. The maximum atomic E-state index is 14.3. The van der Waals surface area contributed by atoms with E-state index in [0.29, 0.717) is 41.6 Å². The van der Waals surface area contributed by atoms with Crippen molar-refractivity contribution in [2.45, 2.75) is 50.0 Å². The first-order valence-corrected chi connectivity index (χ1v) is 11.2. The van der Waals surface area contributed by atoms with E-state index in [2.05, 4.69) is 0 Å². The molecule has 0 aliphatic carbocycles. The number of quaternary nitrogens is 1. The molecule has 3 N–H and O–H groups in total. The maximum Gasteiger partial charge on any atom is 0.331 e. The number of carbonyl (C=O) groups is 1. The van der Waals surface area contributed by atoms with Gasteiger partial charge in [-0.2, -0.15) is 0 Å². The van der Waals surface area contributed by atoms with Crippen LogP contribution in [0.25, 0.3) is 17.2 Å². The zero-order valence-corrected chi connectivity index (χ0v) is 18.3. The first-order valence-electron chi connectivity index (χ1n) is 11.2.